The van der Waals surface area contributed by atoms with Crippen LogP contribution in [-0.4, -0.2) is 37.2 Å². The first-order valence-corrected chi connectivity index (χ1v) is 8.07. The molecule has 1 atom stereocenters. The summed E-state index contributed by atoms with van der Waals surface area (Å²) in [5, 5.41) is 4.74. The van der Waals surface area contributed by atoms with Gasteiger partial charge in [-0.3, -0.25) is 14.3 Å². The molecule has 8 heteroatoms. The van der Waals surface area contributed by atoms with Crippen molar-refractivity contribution >= 4 is 27.8 Å². The van der Waals surface area contributed by atoms with Gasteiger partial charge in [-0.2, -0.15) is 5.10 Å². The van der Waals surface area contributed by atoms with E-state index in [0.717, 1.165) is 24.1 Å². The van der Waals surface area contributed by atoms with Crippen molar-refractivity contribution in [3.05, 3.63) is 23.5 Å². The van der Waals surface area contributed by atoms with Crippen LogP contribution in [-0.2, 0) is 33.5 Å². The quantitative estimate of drug-likeness (QED) is 0.818. The minimum Gasteiger partial charge on any atom is -0.338 e. The Morgan fingerprint density at radius 3 is 2.90 bits per heavy atom. The zero-order valence-electron chi connectivity index (χ0n) is 11.2. The summed E-state index contributed by atoms with van der Waals surface area (Å²) in [6.07, 6.45) is 5.76. The molecule has 7 nitrogen and oxygen atoms in total. The van der Waals surface area contributed by atoms with Crippen LogP contribution >= 0.6 is 0 Å². The molecule has 0 bridgehead atoms. The maximum Gasteiger partial charge on any atom is 0.258 e. The Hall–Kier alpha value is -1.96. The molecule has 2 amide bonds. The fraction of sp³-hybridized carbons (Fsp3) is 0.462. The largest absolute Gasteiger partial charge is 0.338 e. The molecule has 3 aliphatic rings. The lowest BCUT2D eigenvalue weighted by atomic mass is 10.1. The van der Waals surface area contributed by atoms with Gasteiger partial charge in [0.25, 0.3) is 5.91 Å². The molecule has 21 heavy (non-hydrogen) atoms. The van der Waals surface area contributed by atoms with Crippen molar-refractivity contribution in [1.29, 1.82) is 0 Å². The van der Waals surface area contributed by atoms with Gasteiger partial charge in [0.1, 0.15) is 0 Å². The highest BCUT2D eigenvalue weighted by atomic mass is 32.2. The second kappa shape index (κ2) is 4.52. The summed E-state index contributed by atoms with van der Waals surface area (Å²) in [6.45, 7) is 1.23. The van der Waals surface area contributed by atoms with Crippen molar-refractivity contribution < 1.29 is 13.8 Å². The van der Waals surface area contributed by atoms with Crippen LogP contribution in [0.15, 0.2) is 12.3 Å². The predicted molar refractivity (Wildman–Crippen MR) is 74.6 cm³/mol. The Bertz CT molecular complexity index is 704. The third-order valence-electron chi connectivity index (χ3n) is 3.96. The first-order chi connectivity index (χ1) is 10.1. The predicted octanol–water partition coefficient (Wildman–Crippen LogP) is -0.230. The Morgan fingerprint density at radius 2 is 2.24 bits per heavy atom. The van der Waals surface area contributed by atoms with Gasteiger partial charge in [-0.15, -0.1) is 0 Å². The van der Waals surface area contributed by atoms with Crippen molar-refractivity contribution in [2.24, 2.45) is 5.92 Å². The monoisotopic (exact) mass is 306 g/mol. The maximum absolute atomic E-state index is 12.1. The fourth-order valence-electron chi connectivity index (χ4n) is 2.69. The normalized spacial score (nSPS) is 24.6. The molecule has 110 valence electrons. The number of nitrogens with zero attached hydrogens (tertiary/aromatic N) is 3. The molecule has 4 rings (SSSR count). The van der Waals surface area contributed by atoms with Gasteiger partial charge in [0.15, 0.2) is 16.0 Å². The van der Waals surface area contributed by atoms with E-state index in [2.05, 4.69) is 9.82 Å². The SMILES string of the molecule is O=C1C=C(n2cc3c(n2)CCN(C(=O)C2CC2)C3)S(=O)N1. The third-order valence-corrected chi connectivity index (χ3v) is 5.03. The van der Waals surface area contributed by atoms with Crippen LogP contribution in [0.3, 0.4) is 0 Å². The van der Waals surface area contributed by atoms with Crippen LogP contribution in [0.25, 0.3) is 5.03 Å². The topological polar surface area (TPSA) is 84.3 Å². The fourth-order valence-corrected chi connectivity index (χ4v) is 3.52. The summed E-state index contributed by atoms with van der Waals surface area (Å²) in [4.78, 5) is 25.2. The average molecular weight is 306 g/mol. The number of nitrogens with one attached hydrogen (secondary N) is 1. The number of rotatable bonds is 2. The molecule has 0 aromatic carbocycles. The number of carbonyl (C=O) groups excluding carboxylic acids is 2. The number of carbonyl (C=O) groups is 2. The molecule has 1 aliphatic carbocycles. The first-order valence-electron chi connectivity index (χ1n) is 6.92. The van der Waals surface area contributed by atoms with Gasteiger partial charge in [0, 0.05) is 43.3 Å². The summed E-state index contributed by atoms with van der Waals surface area (Å²) >= 11 is 0. The van der Waals surface area contributed by atoms with E-state index in [4.69, 9.17) is 0 Å². The highest BCUT2D eigenvalue weighted by Gasteiger charge is 2.35. The van der Waals surface area contributed by atoms with Crippen molar-refractivity contribution in [2.75, 3.05) is 6.54 Å². The summed E-state index contributed by atoms with van der Waals surface area (Å²) < 4.78 is 15.6. The van der Waals surface area contributed by atoms with Crippen LogP contribution < -0.4 is 4.72 Å². The molecule has 1 fully saturated rings. The van der Waals surface area contributed by atoms with Crippen molar-refractivity contribution in [3.8, 4) is 0 Å². The van der Waals surface area contributed by atoms with E-state index in [1.807, 2.05) is 4.90 Å². The molecular formula is C13H14N4O3S. The zero-order chi connectivity index (χ0) is 14.6. The summed E-state index contributed by atoms with van der Waals surface area (Å²) in [6, 6.07) is 0. The third kappa shape index (κ3) is 2.19. The second-order valence-corrected chi connectivity index (χ2v) is 6.71. The van der Waals surface area contributed by atoms with Crippen molar-refractivity contribution in [1.82, 2.24) is 19.4 Å². The van der Waals surface area contributed by atoms with Gasteiger partial charge < -0.3 is 4.90 Å². The van der Waals surface area contributed by atoms with E-state index in [9.17, 15) is 13.8 Å². The first kappa shape index (κ1) is 12.8. The molecule has 0 radical (unpaired) electrons. The van der Waals surface area contributed by atoms with Gasteiger partial charge in [0.05, 0.1) is 5.69 Å². The van der Waals surface area contributed by atoms with Crippen LogP contribution in [0, 0.1) is 5.92 Å². The second-order valence-electron chi connectivity index (χ2n) is 5.55. The number of hydrogen-bond acceptors (Lipinski definition) is 4. The molecule has 1 aromatic heterocycles. The lowest BCUT2D eigenvalue weighted by Gasteiger charge is -2.26. The lowest BCUT2D eigenvalue weighted by Crippen LogP contribution is -2.36. The van der Waals surface area contributed by atoms with Gasteiger partial charge >= 0.3 is 0 Å². The van der Waals surface area contributed by atoms with Crippen LogP contribution in [0.1, 0.15) is 24.1 Å². The molecule has 2 aliphatic heterocycles. The Morgan fingerprint density at radius 1 is 1.43 bits per heavy atom. The molecule has 1 saturated carbocycles. The van der Waals surface area contributed by atoms with Crippen LogP contribution in [0.5, 0.6) is 0 Å². The van der Waals surface area contributed by atoms with E-state index in [1.54, 1.807) is 6.20 Å². The zero-order valence-corrected chi connectivity index (χ0v) is 12.1. The molecule has 1 N–H and O–H groups in total. The smallest absolute Gasteiger partial charge is 0.258 e. The highest BCUT2D eigenvalue weighted by molar-refractivity contribution is 7.93. The van der Waals surface area contributed by atoms with Gasteiger partial charge in [-0.05, 0) is 12.8 Å². The van der Waals surface area contributed by atoms with E-state index < -0.39 is 11.0 Å². The summed E-state index contributed by atoms with van der Waals surface area (Å²) in [5.74, 6) is 0.0738. The lowest BCUT2D eigenvalue weighted by molar-refractivity contribution is -0.133. The number of hydrogen-bond donors (Lipinski definition) is 1. The Balaban J connectivity index is 1.59. The van der Waals surface area contributed by atoms with Crippen molar-refractivity contribution in [2.45, 2.75) is 25.8 Å². The molecule has 0 spiro atoms. The minimum absolute atomic E-state index is 0.216. The standard InChI is InChI=1S/C13H14N4O3S/c18-11-5-12(21(20)15-11)17-7-9-6-16(4-3-10(9)14-17)13(19)8-1-2-8/h5,7-8H,1-4,6H2,(H,15,18). The van der Waals surface area contributed by atoms with E-state index in [1.165, 1.54) is 10.8 Å². The van der Waals surface area contributed by atoms with Gasteiger partial charge in [0.2, 0.25) is 5.91 Å². The van der Waals surface area contributed by atoms with Crippen LogP contribution in [0.4, 0.5) is 0 Å². The highest BCUT2D eigenvalue weighted by Crippen LogP contribution is 2.32. The molecule has 1 aromatic rings. The molecular weight excluding hydrogens is 292 g/mol. The maximum atomic E-state index is 12.1. The van der Waals surface area contributed by atoms with E-state index in [0.29, 0.717) is 24.5 Å². The number of amides is 2. The van der Waals surface area contributed by atoms with E-state index in [-0.39, 0.29) is 17.7 Å². The van der Waals surface area contributed by atoms with Gasteiger partial charge in [-0.1, -0.05) is 0 Å². The van der Waals surface area contributed by atoms with Crippen molar-refractivity contribution in [3.63, 3.8) is 0 Å². The van der Waals surface area contributed by atoms with E-state index >= 15 is 0 Å². The number of fused-ring (bicyclic) bond motifs is 1. The Labute approximate surface area is 123 Å². The molecule has 3 heterocycles. The molecule has 0 saturated heterocycles. The number of aromatic nitrogens is 2. The average Bonchev–Trinajstić information content (AvgIpc) is 3.13. The minimum atomic E-state index is -1.55. The summed E-state index contributed by atoms with van der Waals surface area (Å²) in [7, 11) is -1.55. The summed E-state index contributed by atoms with van der Waals surface area (Å²) in [5.41, 5.74) is 1.87. The Kier molecular flexibility index (Phi) is 2.75. The van der Waals surface area contributed by atoms with Crippen LogP contribution in [0.2, 0.25) is 0 Å². The molecule has 1 unspecified atom stereocenters. The van der Waals surface area contributed by atoms with Gasteiger partial charge in [-0.25, -0.2) is 8.89 Å².